The molecule has 1 amide bonds. The van der Waals surface area contributed by atoms with E-state index in [1.807, 2.05) is 6.92 Å². The minimum Gasteiger partial charge on any atom is -0.370 e. The molecule has 0 bridgehead atoms. The lowest BCUT2D eigenvalue weighted by molar-refractivity contribution is -0.385. The summed E-state index contributed by atoms with van der Waals surface area (Å²) in [5.41, 5.74) is -0.271. The molecule has 0 unspecified atom stereocenters. The van der Waals surface area contributed by atoms with Crippen LogP contribution in [0.2, 0.25) is 0 Å². The van der Waals surface area contributed by atoms with E-state index in [1.54, 1.807) is 13.8 Å². The molecule has 0 aliphatic rings. The third-order valence-electron chi connectivity index (χ3n) is 2.30. The Morgan fingerprint density at radius 1 is 1.53 bits per heavy atom. The third-order valence-corrected chi connectivity index (χ3v) is 2.30. The van der Waals surface area contributed by atoms with E-state index in [9.17, 15) is 14.9 Å². The second kappa shape index (κ2) is 6.67. The van der Waals surface area contributed by atoms with Crippen molar-refractivity contribution in [2.45, 2.75) is 33.2 Å². The highest BCUT2D eigenvalue weighted by Crippen LogP contribution is 2.20. The molecule has 1 rings (SSSR count). The Hall–Kier alpha value is -2.18. The normalized spacial score (nSPS) is 10.3. The zero-order chi connectivity index (χ0) is 14.4. The lowest BCUT2D eigenvalue weighted by Gasteiger charge is -2.10. The number of amides is 1. The molecule has 7 heteroatoms. The highest BCUT2D eigenvalue weighted by Gasteiger charge is 2.21. The quantitative estimate of drug-likeness (QED) is 0.606. The molecule has 104 valence electrons. The molecular formula is C12H18N4O3. The van der Waals surface area contributed by atoms with E-state index in [1.165, 1.54) is 6.07 Å². The Balaban J connectivity index is 3.08. The largest absolute Gasteiger partial charge is 0.370 e. The molecule has 1 aromatic rings. The molecule has 0 atom stereocenters. The Bertz CT molecular complexity index is 474. The minimum atomic E-state index is -0.605. The van der Waals surface area contributed by atoms with Crippen LogP contribution in [0.3, 0.4) is 0 Å². The summed E-state index contributed by atoms with van der Waals surface area (Å²) in [6, 6.07) is 1.32. The van der Waals surface area contributed by atoms with E-state index in [2.05, 4.69) is 15.6 Å². The van der Waals surface area contributed by atoms with Gasteiger partial charge in [-0.05, 0) is 20.3 Å². The van der Waals surface area contributed by atoms with Gasteiger partial charge in [-0.2, -0.15) is 0 Å². The molecule has 0 aliphatic carbocycles. The topological polar surface area (TPSA) is 97.2 Å². The summed E-state index contributed by atoms with van der Waals surface area (Å²) >= 11 is 0. The van der Waals surface area contributed by atoms with Gasteiger partial charge in [0, 0.05) is 18.7 Å². The predicted molar refractivity (Wildman–Crippen MR) is 72.3 cm³/mol. The van der Waals surface area contributed by atoms with E-state index in [-0.39, 0.29) is 17.3 Å². The molecule has 0 fully saturated rings. The zero-order valence-corrected chi connectivity index (χ0v) is 11.3. The van der Waals surface area contributed by atoms with Crippen molar-refractivity contribution in [2.24, 2.45) is 0 Å². The Kier molecular flexibility index (Phi) is 5.23. The molecule has 0 saturated carbocycles. The second-order valence-electron chi connectivity index (χ2n) is 4.40. The zero-order valence-electron chi connectivity index (χ0n) is 11.3. The molecule has 1 heterocycles. The predicted octanol–water partition coefficient (Wildman–Crippen LogP) is 1.95. The smallest absolute Gasteiger partial charge is 0.300 e. The molecule has 0 radical (unpaired) electrons. The summed E-state index contributed by atoms with van der Waals surface area (Å²) in [4.78, 5) is 26.2. The molecule has 0 aliphatic heterocycles. The number of anilines is 1. The van der Waals surface area contributed by atoms with Gasteiger partial charge in [-0.15, -0.1) is 0 Å². The van der Waals surface area contributed by atoms with Gasteiger partial charge in [-0.1, -0.05) is 6.92 Å². The van der Waals surface area contributed by atoms with Crippen molar-refractivity contribution in [2.75, 3.05) is 11.9 Å². The van der Waals surface area contributed by atoms with Crippen molar-refractivity contribution in [3.8, 4) is 0 Å². The van der Waals surface area contributed by atoms with Gasteiger partial charge in [0.2, 0.25) is 0 Å². The van der Waals surface area contributed by atoms with Gasteiger partial charge >= 0.3 is 0 Å². The number of rotatable bonds is 6. The van der Waals surface area contributed by atoms with Crippen LogP contribution in [0.1, 0.15) is 37.6 Å². The van der Waals surface area contributed by atoms with Crippen molar-refractivity contribution in [1.29, 1.82) is 0 Å². The van der Waals surface area contributed by atoms with Crippen LogP contribution < -0.4 is 10.6 Å². The van der Waals surface area contributed by atoms with Gasteiger partial charge in [0.05, 0.1) is 4.92 Å². The standard InChI is InChI=1S/C12H18N4O3/c1-4-5-13-11-6-9(12(17)15-8(2)3)10(7-14-11)16(18)19/h6-8H,4-5H2,1-3H3,(H,13,14)(H,15,17). The molecular weight excluding hydrogens is 248 g/mol. The van der Waals surface area contributed by atoms with Gasteiger partial charge in [0.1, 0.15) is 17.6 Å². The van der Waals surface area contributed by atoms with Crippen molar-refractivity contribution < 1.29 is 9.72 Å². The maximum absolute atomic E-state index is 11.9. The number of hydrogen-bond acceptors (Lipinski definition) is 5. The van der Waals surface area contributed by atoms with Crippen LogP contribution in [0.15, 0.2) is 12.3 Å². The van der Waals surface area contributed by atoms with Gasteiger partial charge in [0.25, 0.3) is 11.6 Å². The number of carbonyl (C=O) groups excluding carboxylic acids is 1. The number of nitro groups is 1. The SMILES string of the molecule is CCCNc1cc(C(=O)NC(C)C)c([N+](=O)[O-])cn1. The summed E-state index contributed by atoms with van der Waals surface area (Å²) < 4.78 is 0. The first-order valence-corrected chi connectivity index (χ1v) is 6.14. The third kappa shape index (κ3) is 4.20. The van der Waals surface area contributed by atoms with E-state index >= 15 is 0 Å². The number of hydrogen-bond donors (Lipinski definition) is 2. The molecule has 19 heavy (non-hydrogen) atoms. The molecule has 0 spiro atoms. The average Bonchev–Trinajstić information content (AvgIpc) is 2.35. The van der Waals surface area contributed by atoms with Gasteiger partial charge < -0.3 is 10.6 Å². The average molecular weight is 266 g/mol. The maximum atomic E-state index is 11.9. The van der Waals surface area contributed by atoms with Crippen molar-refractivity contribution >= 4 is 17.4 Å². The number of nitrogens with zero attached hydrogens (tertiary/aromatic N) is 2. The number of pyridine rings is 1. The van der Waals surface area contributed by atoms with E-state index in [0.29, 0.717) is 12.4 Å². The van der Waals surface area contributed by atoms with E-state index in [0.717, 1.165) is 12.6 Å². The van der Waals surface area contributed by atoms with Gasteiger partial charge in [-0.3, -0.25) is 14.9 Å². The molecule has 2 N–H and O–H groups in total. The van der Waals surface area contributed by atoms with Gasteiger partial charge in [0.15, 0.2) is 0 Å². The second-order valence-corrected chi connectivity index (χ2v) is 4.40. The number of nitrogens with one attached hydrogen (secondary N) is 2. The van der Waals surface area contributed by atoms with E-state index in [4.69, 9.17) is 0 Å². The fourth-order valence-electron chi connectivity index (χ4n) is 1.47. The summed E-state index contributed by atoms with van der Waals surface area (Å²) in [6.45, 7) is 6.27. The monoisotopic (exact) mass is 266 g/mol. The van der Waals surface area contributed by atoms with Crippen LogP contribution >= 0.6 is 0 Å². The summed E-state index contributed by atoms with van der Waals surface area (Å²) in [6.07, 6.45) is 2.00. The fraction of sp³-hybridized carbons (Fsp3) is 0.500. The van der Waals surface area contributed by atoms with Crippen molar-refractivity contribution in [3.05, 3.63) is 27.9 Å². The first-order chi connectivity index (χ1) is 8.95. The summed E-state index contributed by atoms with van der Waals surface area (Å²) in [7, 11) is 0. The summed E-state index contributed by atoms with van der Waals surface area (Å²) in [5, 5.41) is 16.5. The fourth-order valence-corrected chi connectivity index (χ4v) is 1.47. The Morgan fingerprint density at radius 3 is 2.74 bits per heavy atom. The summed E-state index contributed by atoms with van der Waals surface area (Å²) in [5.74, 6) is -0.00926. The first kappa shape index (κ1) is 14.9. The van der Waals surface area contributed by atoms with Crippen molar-refractivity contribution in [1.82, 2.24) is 10.3 Å². The Labute approximate surface area is 111 Å². The van der Waals surface area contributed by atoms with E-state index < -0.39 is 10.8 Å². The lowest BCUT2D eigenvalue weighted by atomic mass is 10.2. The molecule has 0 saturated heterocycles. The maximum Gasteiger partial charge on any atom is 0.300 e. The first-order valence-electron chi connectivity index (χ1n) is 6.14. The van der Waals surface area contributed by atoms with Crippen LogP contribution in [-0.4, -0.2) is 28.4 Å². The minimum absolute atomic E-state index is 0.0207. The van der Waals surface area contributed by atoms with Crippen molar-refractivity contribution in [3.63, 3.8) is 0 Å². The molecule has 0 aromatic carbocycles. The number of carbonyl (C=O) groups is 1. The van der Waals surface area contributed by atoms with Crippen LogP contribution in [0.5, 0.6) is 0 Å². The Morgan fingerprint density at radius 2 is 2.21 bits per heavy atom. The van der Waals surface area contributed by atoms with Crippen LogP contribution in [0, 0.1) is 10.1 Å². The number of aromatic nitrogens is 1. The van der Waals surface area contributed by atoms with Crippen LogP contribution in [-0.2, 0) is 0 Å². The van der Waals surface area contributed by atoms with Gasteiger partial charge in [-0.25, -0.2) is 4.98 Å². The highest BCUT2D eigenvalue weighted by molar-refractivity contribution is 5.98. The lowest BCUT2D eigenvalue weighted by Crippen LogP contribution is -2.30. The highest BCUT2D eigenvalue weighted by atomic mass is 16.6. The molecule has 1 aromatic heterocycles. The molecule has 7 nitrogen and oxygen atoms in total. The van der Waals surface area contributed by atoms with Crippen LogP contribution in [0.25, 0.3) is 0 Å². The van der Waals surface area contributed by atoms with Crippen LogP contribution in [0.4, 0.5) is 11.5 Å².